The number of carbonyl (C=O) groups excluding carboxylic acids is 3. The summed E-state index contributed by atoms with van der Waals surface area (Å²) in [6.07, 6.45) is 0. The summed E-state index contributed by atoms with van der Waals surface area (Å²) in [5.41, 5.74) is 5.57. The number of rotatable bonds is 7. The quantitative estimate of drug-likeness (QED) is 0.363. The molecule has 4 N–H and O–H groups in total. The Labute approximate surface area is 188 Å². The van der Waals surface area contributed by atoms with Crippen LogP contribution >= 0.6 is 23.1 Å². The first-order chi connectivity index (χ1) is 15.3. The average molecular weight is 479 g/mol. The number of carboxylic acids is 1. The van der Waals surface area contributed by atoms with Gasteiger partial charge in [0.25, 0.3) is 5.91 Å². The Morgan fingerprint density at radius 3 is 2.84 bits per heavy atom. The van der Waals surface area contributed by atoms with Crippen LogP contribution in [0.3, 0.4) is 0 Å². The van der Waals surface area contributed by atoms with Crippen molar-refractivity contribution in [1.29, 1.82) is 0 Å². The minimum Gasteiger partial charge on any atom is -0.477 e. The molecule has 2 aromatic rings. The van der Waals surface area contributed by atoms with Crippen LogP contribution in [0.5, 0.6) is 0 Å². The molecule has 0 bridgehead atoms. The number of nitrogens with zero attached hydrogens (tertiary/aromatic N) is 3. The van der Waals surface area contributed by atoms with Gasteiger partial charge in [0, 0.05) is 23.1 Å². The van der Waals surface area contributed by atoms with E-state index in [-0.39, 0.29) is 29.9 Å². The number of esters is 1. The summed E-state index contributed by atoms with van der Waals surface area (Å²) in [6, 6.07) is 2.34. The maximum atomic E-state index is 13.1. The molecule has 2 aromatic heterocycles. The second-order valence-electron chi connectivity index (χ2n) is 6.87. The summed E-state index contributed by atoms with van der Waals surface area (Å²) in [5, 5.41) is 17.2. The predicted molar refractivity (Wildman–Crippen MR) is 111 cm³/mol. The number of ether oxygens (including phenoxy) is 1. The third kappa shape index (κ3) is 3.93. The third-order valence-corrected chi connectivity index (χ3v) is 7.08. The van der Waals surface area contributed by atoms with E-state index in [1.165, 1.54) is 30.0 Å². The van der Waals surface area contributed by atoms with Crippen molar-refractivity contribution in [3.63, 3.8) is 0 Å². The van der Waals surface area contributed by atoms with Gasteiger partial charge in [0.1, 0.15) is 29.6 Å². The second kappa shape index (κ2) is 8.63. The zero-order chi connectivity index (χ0) is 23.0. The molecule has 0 aromatic carbocycles. The van der Waals surface area contributed by atoms with Crippen LogP contribution in [-0.2, 0) is 23.9 Å². The standard InChI is InChI=1S/C18H17N5O7S2/c1-7(24)29-5-8-6-32-16-11(15(26)23(16)12(8)17(27)28)20-14(25)10(9-3-2-4-31-9)13-21-18(19)30-22-13/h2-4,10-11,16H,5-6H2,1H3,(H,20,25)(H,27,28)(H2,19,21,22)/t10?,11-,16?/m1/s1. The van der Waals surface area contributed by atoms with Crippen molar-refractivity contribution in [2.45, 2.75) is 24.3 Å². The van der Waals surface area contributed by atoms with Crippen molar-refractivity contribution in [3.8, 4) is 0 Å². The van der Waals surface area contributed by atoms with E-state index in [9.17, 15) is 24.3 Å². The number of nitrogens with two attached hydrogens (primary N) is 1. The first-order valence-corrected chi connectivity index (χ1v) is 11.2. The van der Waals surface area contributed by atoms with E-state index in [4.69, 9.17) is 15.0 Å². The lowest BCUT2D eigenvalue weighted by Crippen LogP contribution is -2.71. The number of carboxylic acid groups (broad SMARTS) is 1. The molecule has 1 fully saturated rings. The normalized spacial score (nSPS) is 20.9. The largest absolute Gasteiger partial charge is 0.477 e. The van der Waals surface area contributed by atoms with Crippen LogP contribution in [0.25, 0.3) is 0 Å². The highest BCUT2D eigenvalue weighted by Gasteiger charge is 2.54. The first-order valence-electron chi connectivity index (χ1n) is 9.24. The number of hydrogen-bond acceptors (Lipinski definition) is 11. The molecule has 0 saturated carbocycles. The smallest absolute Gasteiger partial charge is 0.352 e. The zero-order valence-corrected chi connectivity index (χ0v) is 18.1. The number of carbonyl (C=O) groups is 4. The van der Waals surface area contributed by atoms with Gasteiger partial charge in [-0.05, 0) is 11.4 Å². The van der Waals surface area contributed by atoms with Crippen LogP contribution in [0.15, 0.2) is 33.3 Å². The second-order valence-corrected chi connectivity index (χ2v) is 8.96. The van der Waals surface area contributed by atoms with Crippen molar-refractivity contribution in [1.82, 2.24) is 20.4 Å². The lowest BCUT2D eigenvalue weighted by molar-refractivity contribution is -0.151. The number of hydrogen-bond donors (Lipinski definition) is 3. The van der Waals surface area contributed by atoms with Crippen LogP contribution < -0.4 is 11.1 Å². The van der Waals surface area contributed by atoms with Gasteiger partial charge in [0.15, 0.2) is 5.82 Å². The van der Waals surface area contributed by atoms with Crippen molar-refractivity contribution in [3.05, 3.63) is 39.5 Å². The van der Waals surface area contributed by atoms with Gasteiger partial charge < -0.3 is 25.4 Å². The van der Waals surface area contributed by atoms with Crippen LogP contribution in [0, 0.1) is 0 Å². The molecule has 0 aliphatic carbocycles. The number of fused-ring (bicyclic) bond motifs is 1. The van der Waals surface area contributed by atoms with Crippen LogP contribution in [0.4, 0.5) is 6.01 Å². The molecule has 0 radical (unpaired) electrons. The average Bonchev–Trinajstić information content (AvgIpc) is 3.42. The Morgan fingerprint density at radius 1 is 1.47 bits per heavy atom. The number of nitrogen functional groups attached to an aromatic ring is 1. The van der Waals surface area contributed by atoms with Crippen molar-refractivity contribution in [2.75, 3.05) is 18.1 Å². The predicted octanol–water partition coefficient (Wildman–Crippen LogP) is 0.147. The summed E-state index contributed by atoms with van der Waals surface area (Å²) in [7, 11) is 0. The van der Waals surface area contributed by atoms with Gasteiger partial charge in [-0.15, -0.1) is 23.1 Å². The minimum atomic E-state index is -1.31. The van der Waals surface area contributed by atoms with Gasteiger partial charge in [0.2, 0.25) is 5.91 Å². The lowest BCUT2D eigenvalue weighted by Gasteiger charge is -2.49. The molecule has 4 rings (SSSR count). The van der Waals surface area contributed by atoms with Crippen molar-refractivity contribution in [2.24, 2.45) is 0 Å². The summed E-state index contributed by atoms with van der Waals surface area (Å²) in [4.78, 5) is 54.5. The molecule has 4 heterocycles. The molecule has 2 aliphatic rings. The fourth-order valence-corrected chi connectivity index (χ4v) is 5.56. The Kier molecular flexibility index (Phi) is 5.88. The topological polar surface area (TPSA) is 178 Å². The number of thiophene rings is 1. The molecule has 2 amide bonds. The maximum Gasteiger partial charge on any atom is 0.352 e. The van der Waals surface area contributed by atoms with Gasteiger partial charge in [-0.1, -0.05) is 11.2 Å². The molecule has 32 heavy (non-hydrogen) atoms. The SMILES string of the molecule is CC(=O)OCC1=C(C(=O)O)N2C(=O)[C@@H](NC(=O)C(c3noc(N)n3)c3cccs3)C2SC1. The van der Waals surface area contributed by atoms with E-state index in [0.29, 0.717) is 10.5 Å². The molecular formula is C18H17N5O7S2. The highest BCUT2D eigenvalue weighted by Crippen LogP contribution is 2.41. The summed E-state index contributed by atoms with van der Waals surface area (Å²) >= 11 is 2.57. The Hall–Kier alpha value is -3.39. The molecule has 12 nitrogen and oxygen atoms in total. The van der Waals surface area contributed by atoms with Gasteiger partial charge >= 0.3 is 18.0 Å². The number of thioether (sulfide) groups is 1. The van der Waals surface area contributed by atoms with E-state index >= 15 is 0 Å². The van der Waals surface area contributed by atoms with Crippen LogP contribution in [0.2, 0.25) is 0 Å². The first kappa shape index (κ1) is 21.8. The van der Waals surface area contributed by atoms with Gasteiger partial charge in [0.05, 0.1) is 0 Å². The number of amides is 2. The summed E-state index contributed by atoms with van der Waals surface area (Å²) in [6.45, 7) is 0.985. The number of aliphatic carboxylic acids is 1. The fourth-order valence-electron chi connectivity index (χ4n) is 3.41. The molecule has 14 heteroatoms. The molecule has 168 valence electrons. The van der Waals surface area contributed by atoms with Crippen LogP contribution in [0.1, 0.15) is 23.5 Å². The van der Waals surface area contributed by atoms with Gasteiger partial charge in [-0.2, -0.15) is 4.98 Å². The molecular weight excluding hydrogens is 462 g/mol. The number of aromatic nitrogens is 2. The monoisotopic (exact) mass is 479 g/mol. The number of nitrogens with one attached hydrogen (secondary N) is 1. The molecule has 2 aliphatic heterocycles. The highest BCUT2D eigenvalue weighted by atomic mass is 32.2. The Balaban J connectivity index is 1.54. The zero-order valence-electron chi connectivity index (χ0n) is 16.5. The number of anilines is 1. The fraction of sp³-hybridized carbons (Fsp3) is 0.333. The van der Waals surface area contributed by atoms with Gasteiger partial charge in [-0.3, -0.25) is 19.3 Å². The summed E-state index contributed by atoms with van der Waals surface area (Å²) < 4.78 is 9.70. The minimum absolute atomic E-state index is 0.0529. The molecule has 2 unspecified atom stereocenters. The van der Waals surface area contributed by atoms with E-state index in [1.807, 2.05) is 0 Å². The van der Waals surface area contributed by atoms with E-state index in [0.717, 1.165) is 4.90 Å². The Bertz CT molecular complexity index is 1110. The van der Waals surface area contributed by atoms with Gasteiger partial charge in [-0.25, -0.2) is 4.79 Å². The van der Waals surface area contributed by atoms with E-state index < -0.39 is 41.1 Å². The third-order valence-electron chi connectivity index (χ3n) is 4.80. The van der Waals surface area contributed by atoms with E-state index in [1.54, 1.807) is 17.5 Å². The summed E-state index contributed by atoms with van der Waals surface area (Å²) in [5.74, 6) is -3.65. The van der Waals surface area contributed by atoms with Crippen molar-refractivity contribution >= 4 is 52.9 Å². The molecule has 3 atom stereocenters. The molecule has 1 saturated heterocycles. The van der Waals surface area contributed by atoms with Crippen LogP contribution in [-0.4, -0.2) is 67.7 Å². The lowest BCUT2D eigenvalue weighted by atomic mass is 10.0. The maximum absolute atomic E-state index is 13.1. The highest BCUT2D eigenvalue weighted by molar-refractivity contribution is 8.00. The molecule has 0 spiro atoms. The number of β-lactam (4-membered cyclic amide) rings is 1. The Morgan fingerprint density at radius 2 is 2.25 bits per heavy atom. The van der Waals surface area contributed by atoms with E-state index in [2.05, 4.69) is 15.5 Å². The van der Waals surface area contributed by atoms with Crippen molar-refractivity contribution < 1.29 is 33.5 Å².